The summed E-state index contributed by atoms with van der Waals surface area (Å²) in [5.74, 6) is 1.26. The van der Waals surface area contributed by atoms with Gasteiger partial charge < -0.3 is 0 Å². The van der Waals surface area contributed by atoms with E-state index < -0.39 is 0 Å². The van der Waals surface area contributed by atoms with E-state index in [0.717, 1.165) is 47.8 Å². The van der Waals surface area contributed by atoms with Crippen molar-refractivity contribution in [3.63, 3.8) is 0 Å². The number of imide groups is 1. The quantitative estimate of drug-likeness (QED) is 0.726. The van der Waals surface area contributed by atoms with Gasteiger partial charge in [0.1, 0.15) is 6.33 Å². The van der Waals surface area contributed by atoms with Crippen molar-refractivity contribution in [2.75, 3.05) is 18.1 Å². The van der Waals surface area contributed by atoms with Crippen molar-refractivity contribution in [2.45, 2.75) is 19.3 Å². The molecule has 0 saturated carbocycles. The molecular formula is C15H17N3O2S2. The van der Waals surface area contributed by atoms with Crippen LogP contribution in [0.25, 0.3) is 11.0 Å². The van der Waals surface area contributed by atoms with Crippen LogP contribution in [-0.2, 0) is 4.79 Å². The lowest BCUT2D eigenvalue weighted by Gasteiger charge is -2.12. The van der Waals surface area contributed by atoms with E-state index in [1.165, 1.54) is 4.90 Å². The molecule has 0 atom stereocenters. The van der Waals surface area contributed by atoms with Gasteiger partial charge in [-0.15, -0.1) is 0 Å². The van der Waals surface area contributed by atoms with Gasteiger partial charge in [0.2, 0.25) is 5.91 Å². The molecule has 1 aromatic heterocycles. The van der Waals surface area contributed by atoms with Crippen LogP contribution in [0.1, 0.15) is 19.3 Å². The Hall–Kier alpha value is -1.47. The van der Waals surface area contributed by atoms with Gasteiger partial charge in [0, 0.05) is 12.3 Å². The van der Waals surface area contributed by atoms with Gasteiger partial charge in [-0.3, -0.25) is 18.5 Å². The van der Waals surface area contributed by atoms with Crippen LogP contribution in [-0.4, -0.2) is 43.1 Å². The maximum absolute atomic E-state index is 11.5. The number of para-hydroxylation sites is 2. The van der Waals surface area contributed by atoms with Gasteiger partial charge in [-0.2, -0.15) is 0 Å². The van der Waals surface area contributed by atoms with E-state index in [4.69, 9.17) is 0 Å². The summed E-state index contributed by atoms with van der Waals surface area (Å²) in [4.78, 5) is 28.6. The molecule has 0 aliphatic carbocycles. The molecule has 0 N–H and O–H groups in total. The molecule has 5 nitrogen and oxygen atoms in total. The molecular weight excluding hydrogens is 318 g/mol. The Bertz CT molecular complexity index is 670. The normalized spacial score (nSPS) is 15.2. The van der Waals surface area contributed by atoms with Gasteiger partial charge in [-0.25, -0.2) is 4.98 Å². The number of carbonyl (C=O) groups excluding carboxylic acids is 2. The number of thioether (sulfide) groups is 1. The Kier molecular flexibility index (Phi) is 5.04. The Morgan fingerprint density at radius 2 is 2.05 bits per heavy atom. The molecule has 7 heteroatoms. The molecule has 22 heavy (non-hydrogen) atoms. The standard InChI is InChI=1S/C15H17N3O2S2/c19-14-10-21-15(20)17(14)8-4-1-5-9-22-18-11-16-12-6-2-3-7-13(12)18/h2-3,6-7,11H,1,4-5,8-10H2. The third kappa shape index (κ3) is 3.47. The number of hydrogen-bond acceptors (Lipinski definition) is 5. The second-order valence-electron chi connectivity index (χ2n) is 5.05. The molecule has 0 radical (unpaired) electrons. The van der Waals surface area contributed by atoms with E-state index in [1.807, 2.05) is 24.5 Å². The summed E-state index contributed by atoms with van der Waals surface area (Å²) in [6.45, 7) is 0.559. The van der Waals surface area contributed by atoms with Crippen LogP contribution in [0.4, 0.5) is 4.79 Å². The zero-order valence-electron chi connectivity index (χ0n) is 12.1. The second-order valence-corrected chi connectivity index (χ2v) is 7.04. The minimum Gasteiger partial charge on any atom is -0.273 e. The molecule has 2 aromatic rings. The second kappa shape index (κ2) is 7.19. The van der Waals surface area contributed by atoms with Crippen molar-refractivity contribution < 1.29 is 9.59 Å². The summed E-state index contributed by atoms with van der Waals surface area (Å²) in [5.41, 5.74) is 2.15. The smallest absolute Gasteiger partial charge is 0.273 e. The molecule has 0 unspecified atom stereocenters. The van der Waals surface area contributed by atoms with E-state index in [-0.39, 0.29) is 11.1 Å². The molecule has 0 spiro atoms. The lowest BCUT2D eigenvalue weighted by Crippen LogP contribution is -2.29. The SMILES string of the molecule is O=C1CSC(=O)N1CCCCCSn1cnc2ccccc21. The van der Waals surface area contributed by atoms with Gasteiger partial charge in [0.25, 0.3) is 5.24 Å². The number of hydrogen-bond donors (Lipinski definition) is 0. The molecule has 0 bridgehead atoms. The highest BCUT2D eigenvalue weighted by Crippen LogP contribution is 2.21. The van der Waals surface area contributed by atoms with E-state index in [2.05, 4.69) is 15.0 Å². The minimum absolute atomic E-state index is 0.0470. The van der Waals surface area contributed by atoms with Gasteiger partial charge in [0.05, 0.1) is 16.8 Å². The van der Waals surface area contributed by atoms with Crippen molar-refractivity contribution in [1.82, 2.24) is 13.9 Å². The zero-order chi connectivity index (χ0) is 15.4. The Balaban J connectivity index is 1.37. The first-order valence-corrected chi connectivity index (χ1v) is 9.21. The van der Waals surface area contributed by atoms with Gasteiger partial charge >= 0.3 is 0 Å². The number of rotatable bonds is 7. The Morgan fingerprint density at radius 3 is 2.86 bits per heavy atom. The summed E-state index contributed by atoms with van der Waals surface area (Å²) >= 11 is 2.85. The average molecular weight is 335 g/mol. The van der Waals surface area contributed by atoms with E-state index >= 15 is 0 Å². The highest BCUT2D eigenvalue weighted by atomic mass is 32.2. The highest BCUT2D eigenvalue weighted by Gasteiger charge is 2.28. The van der Waals surface area contributed by atoms with Crippen LogP contribution in [0.15, 0.2) is 30.6 Å². The van der Waals surface area contributed by atoms with Crippen molar-refractivity contribution >= 4 is 45.9 Å². The molecule has 1 saturated heterocycles. The highest BCUT2D eigenvalue weighted by molar-refractivity contribution is 8.14. The molecule has 1 aliphatic rings. The maximum atomic E-state index is 11.5. The first-order chi connectivity index (χ1) is 10.8. The number of nitrogens with zero attached hydrogens (tertiary/aromatic N) is 3. The Labute approximate surface area is 137 Å². The molecule has 1 aliphatic heterocycles. The van der Waals surface area contributed by atoms with Crippen LogP contribution < -0.4 is 0 Å². The average Bonchev–Trinajstić information content (AvgIpc) is 3.08. The summed E-state index contributed by atoms with van der Waals surface area (Å²) in [7, 11) is 0. The minimum atomic E-state index is -0.0933. The van der Waals surface area contributed by atoms with Crippen molar-refractivity contribution in [3.05, 3.63) is 30.6 Å². The van der Waals surface area contributed by atoms with Gasteiger partial charge in [0.15, 0.2) is 0 Å². The van der Waals surface area contributed by atoms with Crippen molar-refractivity contribution in [3.8, 4) is 0 Å². The number of fused-ring (bicyclic) bond motifs is 1. The number of benzene rings is 1. The largest absolute Gasteiger partial charge is 0.288 e. The number of unbranched alkanes of at least 4 members (excludes halogenated alkanes) is 2. The van der Waals surface area contributed by atoms with Crippen molar-refractivity contribution in [1.29, 1.82) is 0 Å². The zero-order valence-corrected chi connectivity index (χ0v) is 13.7. The number of amides is 2. The fraction of sp³-hybridized carbons (Fsp3) is 0.400. The summed E-state index contributed by atoms with van der Waals surface area (Å²) in [6.07, 6.45) is 4.80. The predicted octanol–water partition coefficient (Wildman–Crippen LogP) is 3.40. The maximum Gasteiger partial charge on any atom is 0.288 e. The first-order valence-electron chi connectivity index (χ1n) is 7.28. The number of carbonyl (C=O) groups is 2. The van der Waals surface area contributed by atoms with E-state index in [9.17, 15) is 9.59 Å². The van der Waals surface area contributed by atoms with Crippen LogP contribution in [0, 0.1) is 0 Å². The fourth-order valence-corrected chi connectivity index (χ4v) is 4.04. The molecule has 3 rings (SSSR count). The third-order valence-electron chi connectivity index (χ3n) is 3.52. The lowest BCUT2D eigenvalue weighted by molar-refractivity contribution is -0.124. The van der Waals surface area contributed by atoms with E-state index in [0.29, 0.717) is 12.3 Å². The number of imidazole rings is 1. The van der Waals surface area contributed by atoms with Gasteiger partial charge in [-0.05, 0) is 36.9 Å². The Morgan fingerprint density at radius 1 is 1.18 bits per heavy atom. The lowest BCUT2D eigenvalue weighted by atomic mass is 10.2. The van der Waals surface area contributed by atoms with Gasteiger partial charge in [-0.1, -0.05) is 30.3 Å². The van der Waals surface area contributed by atoms with Crippen molar-refractivity contribution in [2.24, 2.45) is 0 Å². The molecule has 1 aromatic carbocycles. The van der Waals surface area contributed by atoms with Crippen LogP contribution in [0.2, 0.25) is 0 Å². The first kappa shape index (κ1) is 15.4. The topological polar surface area (TPSA) is 55.2 Å². The third-order valence-corrected chi connectivity index (χ3v) is 5.42. The monoisotopic (exact) mass is 335 g/mol. The molecule has 2 amide bonds. The van der Waals surface area contributed by atoms with Crippen LogP contribution in [0.3, 0.4) is 0 Å². The predicted molar refractivity (Wildman–Crippen MR) is 91.0 cm³/mol. The summed E-state index contributed by atoms with van der Waals surface area (Å²) in [6, 6.07) is 8.08. The van der Waals surface area contributed by atoms with Crippen LogP contribution >= 0.6 is 23.7 Å². The molecule has 116 valence electrons. The fourth-order valence-electron chi connectivity index (χ4n) is 2.35. The summed E-state index contributed by atoms with van der Waals surface area (Å²) in [5, 5.41) is -0.0933. The van der Waals surface area contributed by atoms with Crippen LogP contribution in [0.5, 0.6) is 0 Å². The number of aromatic nitrogens is 2. The molecule has 2 heterocycles. The molecule has 1 fully saturated rings. The van der Waals surface area contributed by atoms with E-state index in [1.54, 1.807) is 11.9 Å². The summed E-state index contributed by atoms with van der Waals surface area (Å²) < 4.78 is 2.10.